The number of nitrogens with zero attached hydrogens (tertiary/aromatic N) is 3. The molecule has 2 heterocycles. The summed E-state index contributed by atoms with van der Waals surface area (Å²) in [5.41, 5.74) is 5.72. The van der Waals surface area contributed by atoms with Crippen LogP contribution in [0.3, 0.4) is 0 Å². The van der Waals surface area contributed by atoms with Gasteiger partial charge in [-0.05, 0) is 29.9 Å². The van der Waals surface area contributed by atoms with E-state index in [9.17, 15) is 19.2 Å². The van der Waals surface area contributed by atoms with Gasteiger partial charge in [0, 0.05) is 12.6 Å². The number of primary amides is 1. The van der Waals surface area contributed by atoms with Gasteiger partial charge in [-0.3, -0.25) is 23.7 Å². The monoisotopic (exact) mass is 365 g/mol. The Hall–Kier alpha value is -3.88. The Morgan fingerprint density at radius 3 is 2.67 bits per heavy atom. The van der Waals surface area contributed by atoms with E-state index in [1.807, 2.05) is 0 Å². The summed E-state index contributed by atoms with van der Waals surface area (Å²) < 4.78 is 1.44. The van der Waals surface area contributed by atoms with Crippen LogP contribution in [-0.4, -0.2) is 44.0 Å². The third-order valence-corrected chi connectivity index (χ3v) is 3.86. The van der Waals surface area contributed by atoms with Gasteiger partial charge in [0.15, 0.2) is 5.78 Å². The molecule has 0 spiro atoms. The van der Waals surface area contributed by atoms with Gasteiger partial charge in [-0.25, -0.2) is 9.97 Å². The first-order valence-corrected chi connectivity index (χ1v) is 7.96. The van der Waals surface area contributed by atoms with Crippen molar-refractivity contribution in [3.63, 3.8) is 0 Å². The molecule has 136 valence electrons. The minimum absolute atomic E-state index is 0.0342. The highest BCUT2D eigenvalue weighted by molar-refractivity contribution is 6.38. The van der Waals surface area contributed by atoms with E-state index in [1.54, 1.807) is 24.4 Å². The molecule has 9 nitrogen and oxygen atoms in total. The highest BCUT2D eigenvalue weighted by atomic mass is 16.2. The molecule has 1 unspecified atom stereocenters. The van der Waals surface area contributed by atoms with Crippen molar-refractivity contribution in [2.75, 3.05) is 0 Å². The molecule has 0 fully saturated rings. The number of hydrogen-bond donors (Lipinski definition) is 2. The van der Waals surface area contributed by atoms with E-state index in [4.69, 9.17) is 5.73 Å². The molecule has 0 bridgehead atoms. The fourth-order valence-electron chi connectivity index (χ4n) is 2.59. The number of rotatable bonds is 7. The third kappa shape index (κ3) is 4.03. The van der Waals surface area contributed by atoms with Crippen LogP contribution in [0.4, 0.5) is 0 Å². The van der Waals surface area contributed by atoms with Gasteiger partial charge in [0.1, 0.15) is 23.9 Å². The molecule has 0 saturated carbocycles. The zero-order chi connectivity index (χ0) is 19.4. The molecule has 3 rings (SSSR count). The Labute approximate surface area is 153 Å². The van der Waals surface area contributed by atoms with E-state index in [-0.39, 0.29) is 17.9 Å². The predicted octanol–water partition coefficient (Wildman–Crippen LogP) is -0.124. The third-order valence-electron chi connectivity index (χ3n) is 3.86. The summed E-state index contributed by atoms with van der Waals surface area (Å²) in [4.78, 5) is 55.5. The molecule has 2 amide bonds. The van der Waals surface area contributed by atoms with E-state index in [1.165, 1.54) is 35.3 Å². The Bertz CT molecular complexity index is 975. The van der Waals surface area contributed by atoms with Crippen LogP contribution < -0.4 is 11.1 Å². The van der Waals surface area contributed by atoms with Crippen molar-refractivity contribution in [2.24, 2.45) is 5.73 Å². The SMILES string of the molecule is NC(=O)C(=O)C(CC1=CC(=O)C=C1)NC(=O)c1cncn1-c1ccccn1. The van der Waals surface area contributed by atoms with Crippen molar-refractivity contribution < 1.29 is 19.2 Å². The van der Waals surface area contributed by atoms with Crippen LogP contribution >= 0.6 is 0 Å². The van der Waals surface area contributed by atoms with Crippen molar-refractivity contribution in [3.8, 4) is 5.82 Å². The smallest absolute Gasteiger partial charge is 0.287 e. The van der Waals surface area contributed by atoms with Gasteiger partial charge in [0.05, 0.1) is 6.20 Å². The minimum atomic E-state index is -1.20. The summed E-state index contributed by atoms with van der Waals surface area (Å²) in [5, 5.41) is 2.49. The maximum atomic E-state index is 12.7. The van der Waals surface area contributed by atoms with Crippen LogP contribution in [0.15, 0.2) is 60.7 Å². The lowest BCUT2D eigenvalue weighted by atomic mass is 10.0. The molecule has 0 radical (unpaired) electrons. The molecule has 1 atom stereocenters. The average Bonchev–Trinajstić information content (AvgIpc) is 3.30. The number of aromatic nitrogens is 3. The Morgan fingerprint density at radius 2 is 2.04 bits per heavy atom. The summed E-state index contributed by atoms with van der Waals surface area (Å²) in [7, 11) is 0. The number of imidazole rings is 1. The predicted molar refractivity (Wildman–Crippen MR) is 93.7 cm³/mol. The number of nitrogens with two attached hydrogens (primary N) is 1. The lowest BCUT2D eigenvalue weighted by Gasteiger charge is -2.16. The Balaban J connectivity index is 1.83. The van der Waals surface area contributed by atoms with E-state index in [0.717, 1.165) is 0 Å². The van der Waals surface area contributed by atoms with Gasteiger partial charge < -0.3 is 11.1 Å². The van der Waals surface area contributed by atoms with Crippen LogP contribution in [-0.2, 0) is 14.4 Å². The van der Waals surface area contributed by atoms with E-state index in [0.29, 0.717) is 11.4 Å². The largest absolute Gasteiger partial charge is 0.363 e. The minimum Gasteiger partial charge on any atom is -0.363 e. The standard InChI is InChI=1S/C18H15N5O4/c19-17(26)16(25)13(8-11-4-5-12(24)7-11)22-18(27)14-9-20-10-23(14)15-3-1-2-6-21-15/h1-7,9-10,13H,8H2,(H2,19,26)(H,22,27). The van der Waals surface area contributed by atoms with Crippen molar-refractivity contribution in [1.82, 2.24) is 19.9 Å². The molecule has 0 aromatic carbocycles. The number of amides is 2. The van der Waals surface area contributed by atoms with Crippen LogP contribution in [0.1, 0.15) is 16.9 Å². The zero-order valence-electron chi connectivity index (χ0n) is 14.0. The van der Waals surface area contributed by atoms with Gasteiger partial charge >= 0.3 is 0 Å². The van der Waals surface area contributed by atoms with Crippen LogP contribution in [0.2, 0.25) is 0 Å². The first-order chi connectivity index (χ1) is 13.0. The molecular formula is C18H15N5O4. The second kappa shape index (κ2) is 7.56. The number of hydrogen-bond acceptors (Lipinski definition) is 6. The summed E-state index contributed by atoms with van der Waals surface area (Å²) in [6.07, 6.45) is 8.43. The van der Waals surface area contributed by atoms with Crippen molar-refractivity contribution in [1.29, 1.82) is 0 Å². The zero-order valence-corrected chi connectivity index (χ0v) is 14.0. The maximum absolute atomic E-state index is 12.7. The number of carbonyl (C=O) groups is 4. The maximum Gasteiger partial charge on any atom is 0.287 e. The molecule has 3 N–H and O–H groups in total. The van der Waals surface area contributed by atoms with Gasteiger partial charge in [-0.2, -0.15) is 0 Å². The fourth-order valence-corrected chi connectivity index (χ4v) is 2.59. The first-order valence-electron chi connectivity index (χ1n) is 7.96. The molecule has 2 aromatic heterocycles. The van der Waals surface area contributed by atoms with Crippen LogP contribution in [0.25, 0.3) is 5.82 Å². The van der Waals surface area contributed by atoms with Gasteiger partial charge in [0.2, 0.25) is 5.78 Å². The van der Waals surface area contributed by atoms with Crippen LogP contribution in [0.5, 0.6) is 0 Å². The summed E-state index contributed by atoms with van der Waals surface area (Å²) in [6.45, 7) is 0. The normalized spacial score (nSPS) is 13.9. The molecular weight excluding hydrogens is 350 g/mol. The van der Waals surface area contributed by atoms with Gasteiger partial charge in [0.25, 0.3) is 11.8 Å². The number of nitrogens with one attached hydrogen (secondary N) is 1. The van der Waals surface area contributed by atoms with Gasteiger partial charge in [-0.1, -0.05) is 12.1 Å². The lowest BCUT2D eigenvalue weighted by molar-refractivity contribution is -0.137. The molecule has 0 saturated heterocycles. The second-order valence-corrected chi connectivity index (χ2v) is 5.75. The fraction of sp³-hybridized carbons (Fsp3) is 0.111. The number of Topliss-reactive ketones (excluding diaryl/α,β-unsaturated/α-hetero) is 1. The van der Waals surface area contributed by atoms with Crippen molar-refractivity contribution >= 4 is 23.4 Å². The lowest BCUT2D eigenvalue weighted by Crippen LogP contribution is -2.46. The summed E-state index contributed by atoms with van der Waals surface area (Å²) in [5.74, 6) is -2.53. The quantitative estimate of drug-likeness (QED) is 0.656. The molecule has 27 heavy (non-hydrogen) atoms. The topological polar surface area (TPSA) is 137 Å². The first kappa shape index (κ1) is 17.9. The van der Waals surface area contributed by atoms with Crippen LogP contribution in [0, 0.1) is 0 Å². The van der Waals surface area contributed by atoms with E-state index >= 15 is 0 Å². The van der Waals surface area contributed by atoms with Gasteiger partial charge in [-0.15, -0.1) is 0 Å². The molecule has 0 aliphatic heterocycles. The molecule has 1 aliphatic carbocycles. The van der Waals surface area contributed by atoms with Crippen molar-refractivity contribution in [3.05, 3.63) is 66.4 Å². The number of ketones is 2. The number of allylic oxidation sites excluding steroid dienone is 3. The second-order valence-electron chi connectivity index (χ2n) is 5.75. The molecule has 9 heteroatoms. The molecule has 1 aliphatic rings. The van der Waals surface area contributed by atoms with E-state index < -0.39 is 23.6 Å². The van der Waals surface area contributed by atoms with E-state index in [2.05, 4.69) is 15.3 Å². The Kier molecular flexibility index (Phi) is 5.02. The summed E-state index contributed by atoms with van der Waals surface area (Å²) in [6, 6.07) is 3.96. The number of pyridine rings is 1. The highest BCUT2D eigenvalue weighted by Crippen LogP contribution is 2.15. The average molecular weight is 365 g/mol. The number of carbonyl (C=O) groups excluding carboxylic acids is 4. The summed E-state index contributed by atoms with van der Waals surface area (Å²) >= 11 is 0. The highest BCUT2D eigenvalue weighted by Gasteiger charge is 2.28. The Morgan fingerprint density at radius 1 is 1.22 bits per heavy atom. The molecule has 2 aromatic rings. The van der Waals surface area contributed by atoms with Crippen molar-refractivity contribution in [2.45, 2.75) is 12.5 Å².